The van der Waals surface area contributed by atoms with Gasteiger partial charge in [0, 0.05) is 0 Å². The minimum Gasteiger partial charge on any atom is -0.388 e. The molecule has 2 nitrogen and oxygen atoms in total. The van der Waals surface area contributed by atoms with Crippen molar-refractivity contribution >= 4 is 0 Å². The molecule has 0 bridgehead atoms. The Balaban J connectivity index is 2.25. The van der Waals surface area contributed by atoms with Crippen LogP contribution < -0.4 is 0 Å². The predicted octanol–water partition coefficient (Wildman–Crippen LogP) is 3.65. The van der Waals surface area contributed by atoms with Crippen molar-refractivity contribution in [3.8, 4) is 6.07 Å². The minimum atomic E-state index is -0.722. The van der Waals surface area contributed by atoms with Crippen molar-refractivity contribution in [3.05, 3.63) is 0 Å². The van der Waals surface area contributed by atoms with E-state index in [0.29, 0.717) is 0 Å². The number of aliphatic hydroxyl groups is 1. The summed E-state index contributed by atoms with van der Waals surface area (Å²) in [7, 11) is 0. The van der Waals surface area contributed by atoms with Crippen molar-refractivity contribution in [1.82, 2.24) is 0 Å². The molecule has 0 spiro atoms. The molecule has 0 heterocycles. The Morgan fingerprint density at radius 2 is 1.71 bits per heavy atom. The van der Waals surface area contributed by atoms with Crippen LogP contribution in [0.2, 0.25) is 0 Å². The topological polar surface area (TPSA) is 44.0 Å². The third kappa shape index (κ3) is 1.99. The molecule has 0 aromatic rings. The van der Waals surface area contributed by atoms with E-state index in [1.807, 2.05) is 0 Å². The molecule has 2 atom stereocenters. The molecule has 0 saturated heterocycles. The highest BCUT2D eigenvalue weighted by Gasteiger charge is 2.55. The molecule has 2 unspecified atom stereocenters. The second kappa shape index (κ2) is 4.61. The smallest absolute Gasteiger partial charge is 0.0863 e. The summed E-state index contributed by atoms with van der Waals surface area (Å²) >= 11 is 0. The highest BCUT2D eigenvalue weighted by atomic mass is 16.3. The summed E-state index contributed by atoms with van der Waals surface area (Å²) in [5, 5.41) is 20.7. The molecule has 0 radical (unpaired) electrons. The average molecular weight is 235 g/mol. The largest absolute Gasteiger partial charge is 0.388 e. The molecule has 0 aliphatic heterocycles. The fraction of sp³-hybridized carbons (Fsp3) is 0.933. The lowest BCUT2D eigenvalue weighted by Crippen LogP contribution is -2.55. The van der Waals surface area contributed by atoms with E-state index in [4.69, 9.17) is 0 Å². The van der Waals surface area contributed by atoms with Crippen molar-refractivity contribution in [2.45, 2.75) is 70.8 Å². The first-order chi connectivity index (χ1) is 8.04. The maximum Gasteiger partial charge on any atom is 0.0863 e. The average Bonchev–Trinajstić information content (AvgIpc) is 2.34. The molecule has 2 saturated carbocycles. The van der Waals surface area contributed by atoms with E-state index in [1.54, 1.807) is 0 Å². The van der Waals surface area contributed by atoms with Crippen LogP contribution >= 0.6 is 0 Å². The van der Waals surface area contributed by atoms with E-state index in [0.717, 1.165) is 50.9 Å². The van der Waals surface area contributed by atoms with Gasteiger partial charge in [0.05, 0.1) is 17.1 Å². The molecule has 1 N–H and O–H groups in total. The van der Waals surface area contributed by atoms with Crippen LogP contribution in [-0.2, 0) is 0 Å². The molecule has 96 valence electrons. The van der Waals surface area contributed by atoms with E-state index in [2.05, 4.69) is 19.9 Å². The van der Waals surface area contributed by atoms with Crippen LogP contribution in [0.3, 0.4) is 0 Å². The van der Waals surface area contributed by atoms with Gasteiger partial charge in [0.2, 0.25) is 0 Å². The SMILES string of the molecule is CC1CCC(C#N)(C2(O)CCCCC2C)CC1. The maximum atomic E-state index is 11.1. The summed E-state index contributed by atoms with van der Waals surface area (Å²) in [4.78, 5) is 0. The van der Waals surface area contributed by atoms with Crippen molar-refractivity contribution in [1.29, 1.82) is 5.26 Å². The van der Waals surface area contributed by atoms with Gasteiger partial charge >= 0.3 is 0 Å². The van der Waals surface area contributed by atoms with Crippen molar-refractivity contribution in [3.63, 3.8) is 0 Å². The van der Waals surface area contributed by atoms with E-state index in [-0.39, 0.29) is 5.92 Å². The van der Waals surface area contributed by atoms with Gasteiger partial charge in [-0.1, -0.05) is 26.7 Å². The summed E-state index contributed by atoms with van der Waals surface area (Å²) in [6.07, 6.45) is 8.19. The second-order valence-electron chi connectivity index (χ2n) is 6.45. The molecule has 0 aromatic carbocycles. The summed E-state index contributed by atoms with van der Waals surface area (Å²) in [5.74, 6) is 1.00. The van der Waals surface area contributed by atoms with Crippen LogP contribution in [0.4, 0.5) is 0 Å². The molecular formula is C15H25NO. The van der Waals surface area contributed by atoms with Gasteiger partial charge in [-0.15, -0.1) is 0 Å². The number of hydrogen-bond donors (Lipinski definition) is 1. The lowest BCUT2D eigenvalue weighted by atomic mass is 9.55. The fourth-order valence-electron chi connectivity index (χ4n) is 3.94. The Hall–Kier alpha value is -0.550. The summed E-state index contributed by atoms with van der Waals surface area (Å²) in [6.45, 7) is 4.39. The van der Waals surface area contributed by atoms with Crippen LogP contribution in [0.25, 0.3) is 0 Å². The maximum absolute atomic E-state index is 11.1. The van der Waals surface area contributed by atoms with Crippen molar-refractivity contribution in [2.24, 2.45) is 17.3 Å². The Morgan fingerprint density at radius 1 is 1.06 bits per heavy atom. The molecule has 2 heteroatoms. The van der Waals surface area contributed by atoms with Gasteiger partial charge in [-0.25, -0.2) is 0 Å². The van der Waals surface area contributed by atoms with E-state index < -0.39 is 11.0 Å². The first kappa shape index (κ1) is 12.9. The van der Waals surface area contributed by atoms with E-state index in [9.17, 15) is 10.4 Å². The van der Waals surface area contributed by atoms with Gasteiger partial charge in [0.25, 0.3) is 0 Å². The number of nitrogens with zero attached hydrogens (tertiary/aromatic N) is 1. The van der Waals surface area contributed by atoms with Crippen molar-refractivity contribution in [2.75, 3.05) is 0 Å². The van der Waals surface area contributed by atoms with Crippen molar-refractivity contribution < 1.29 is 5.11 Å². The monoisotopic (exact) mass is 235 g/mol. The van der Waals surface area contributed by atoms with Gasteiger partial charge in [-0.2, -0.15) is 5.26 Å². The molecule has 2 fully saturated rings. The van der Waals surface area contributed by atoms with Gasteiger partial charge in [-0.05, 0) is 50.4 Å². The van der Waals surface area contributed by atoms with Crippen LogP contribution in [0.1, 0.15) is 65.2 Å². The number of hydrogen-bond acceptors (Lipinski definition) is 2. The molecule has 2 rings (SSSR count). The normalized spacial score (nSPS) is 47.4. The molecular weight excluding hydrogens is 210 g/mol. The minimum absolute atomic E-state index is 0.282. The zero-order valence-electron chi connectivity index (χ0n) is 11.2. The summed E-state index contributed by atoms with van der Waals surface area (Å²) in [5.41, 5.74) is -1.18. The molecule has 2 aliphatic rings. The highest BCUT2D eigenvalue weighted by molar-refractivity contribution is 5.15. The first-order valence-electron chi connectivity index (χ1n) is 7.18. The standard InChI is InChI=1S/C15H25NO/c1-12-6-9-14(11-16,10-7-12)15(17)8-4-3-5-13(15)2/h12-13,17H,3-10H2,1-2H3. The zero-order valence-corrected chi connectivity index (χ0v) is 11.2. The Kier molecular flexibility index (Phi) is 3.50. The van der Waals surface area contributed by atoms with Gasteiger partial charge in [0.15, 0.2) is 0 Å². The predicted molar refractivity (Wildman–Crippen MR) is 68.3 cm³/mol. The van der Waals surface area contributed by atoms with Crippen LogP contribution in [0, 0.1) is 28.6 Å². The van der Waals surface area contributed by atoms with Crippen LogP contribution in [-0.4, -0.2) is 10.7 Å². The fourth-order valence-corrected chi connectivity index (χ4v) is 3.94. The van der Waals surface area contributed by atoms with E-state index >= 15 is 0 Å². The molecule has 2 aliphatic carbocycles. The summed E-state index contributed by atoms with van der Waals surface area (Å²) < 4.78 is 0. The second-order valence-corrected chi connectivity index (χ2v) is 6.45. The summed E-state index contributed by atoms with van der Waals surface area (Å²) in [6, 6.07) is 2.53. The van der Waals surface area contributed by atoms with Gasteiger partial charge in [0.1, 0.15) is 0 Å². The number of rotatable bonds is 1. The van der Waals surface area contributed by atoms with E-state index in [1.165, 1.54) is 6.42 Å². The number of nitriles is 1. The Morgan fingerprint density at radius 3 is 2.24 bits per heavy atom. The molecule has 0 amide bonds. The zero-order chi connectivity index (χ0) is 12.5. The van der Waals surface area contributed by atoms with Gasteiger partial charge < -0.3 is 5.11 Å². The molecule has 0 aromatic heterocycles. The molecule has 17 heavy (non-hydrogen) atoms. The Labute approximate surface area is 105 Å². The van der Waals surface area contributed by atoms with Crippen LogP contribution in [0.15, 0.2) is 0 Å². The lowest BCUT2D eigenvalue weighted by Gasteiger charge is -2.51. The third-order valence-corrected chi connectivity index (χ3v) is 5.43. The Bertz CT molecular complexity index is 311. The quantitative estimate of drug-likeness (QED) is 0.754. The van der Waals surface area contributed by atoms with Gasteiger partial charge in [-0.3, -0.25) is 0 Å². The lowest BCUT2D eigenvalue weighted by molar-refractivity contribution is -0.134. The van der Waals surface area contributed by atoms with Crippen LogP contribution in [0.5, 0.6) is 0 Å². The first-order valence-corrected chi connectivity index (χ1v) is 7.18. The third-order valence-electron chi connectivity index (χ3n) is 5.43. The highest BCUT2D eigenvalue weighted by Crippen LogP contribution is 2.53.